The number of hydrogen-bond acceptors (Lipinski definition) is 3. The van der Waals surface area contributed by atoms with Crippen LogP contribution in [0.5, 0.6) is 0 Å². The number of hydroxylamine groups is 2. The highest BCUT2D eigenvalue weighted by atomic mass is 35.5. The Morgan fingerprint density at radius 2 is 1.68 bits per heavy atom. The average molecular weight is 356 g/mol. The zero-order valence-corrected chi connectivity index (χ0v) is 15.0. The minimum atomic E-state index is -0.541. The molecule has 1 unspecified atom stereocenters. The third-order valence-electron chi connectivity index (χ3n) is 3.45. The summed E-state index contributed by atoms with van der Waals surface area (Å²) in [5.41, 5.74) is 2.47. The Balaban J connectivity index is 2.24. The second-order valence-corrected chi connectivity index (χ2v) is 5.92. The summed E-state index contributed by atoms with van der Waals surface area (Å²) in [5.74, 6) is 5.26. The van der Waals surface area contributed by atoms with Gasteiger partial charge in [-0.25, -0.2) is 0 Å². The molecule has 0 radical (unpaired) electrons. The van der Waals surface area contributed by atoms with E-state index in [0.29, 0.717) is 5.02 Å². The van der Waals surface area contributed by atoms with E-state index in [1.54, 1.807) is 19.1 Å². The first-order chi connectivity index (χ1) is 11.9. The highest BCUT2D eigenvalue weighted by molar-refractivity contribution is 6.30. The van der Waals surface area contributed by atoms with Gasteiger partial charge < -0.3 is 4.84 Å². The van der Waals surface area contributed by atoms with Gasteiger partial charge in [0.05, 0.1) is 6.04 Å². The Hall–Kier alpha value is -2.77. The molecular weight excluding hydrogens is 338 g/mol. The summed E-state index contributed by atoms with van der Waals surface area (Å²) in [6, 6.07) is 14.3. The molecule has 0 aliphatic heterocycles. The van der Waals surface area contributed by atoms with Gasteiger partial charge in [-0.15, -0.1) is 0 Å². The van der Waals surface area contributed by atoms with Crippen molar-refractivity contribution in [1.29, 1.82) is 0 Å². The minimum absolute atomic E-state index is 0.347. The van der Waals surface area contributed by atoms with E-state index < -0.39 is 12.0 Å². The van der Waals surface area contributed by atoms with Gasteiger partial charge in [0.1, 0.15) is 0 Å². The molecule has 0 spiro atoms. The second kappa shape index (κ2) is 8.36. The van der Waals surface area contributed by atoms with Gasteiger partial charge in [-0.3, -0.25) is 9.59 Å². The molecular formula is C20H18ClNO3. The van der Waals surface area contributed by atoms with E-state index in [2.05, 4.69) is 11.8 Å². The smallest absolute Gasteiger partial charge is 0.329 e. The Bertz CT molecular complexity index is 834. The highest BCUT2D eigenvalue weighted by Gasteiger charge is 2.21. The number of amides is 1. The Labute approximate surface area is 152 Å². The van der Waals surface area contributed by atoms with Crippen molar-refractivity contribution in [1.82, 2.24) is 5.06 Å². The number of rotatable bonds is 2. The van der Waals surface area contributed by atoms with Crippen molar-refractivity contribution in [2.75, 3.05) is 0 Å². The summed E-state index contributed by atoms with van der Waals surface area (Å²) in [7, 11) is 0. The van der Waals surface area contributed by atoms with Crippen molar-refractivity contribution >= 4 is 23.5 Å². The van der Waals surface area contributed by atoms with Gasteiger partial charge in [0, 0.05) is 30.0 Å². The van der Waals surface area contributed by atoms with Crippen molar-refractivity contribution in [2.45, 2.75) is 26.8 Å². The lowest BCUT2D eigenvalue weighted by Crippen LogP contribution is -2.33. The molecule has 0 heterocycles. The fourth-order valence-electron chi connectivity index (χ4n) is 2.24. The lowest BCUT2D eigenvalue weighted by Gasteiger charge is -2.26. The van der Waals surface area contributed by atoms with Crippen molar-refractivity contribution in [2.24, 2.45) is 0 Å². The monoisotopic (exact) mass is 355 g/mol. The van der Waals surface area contributed by atoms with E-state index in [1.807, 2.05) is 36.4 Å². The molecule has 0 aromatic heterocycles. The molecule has 2 aromatic carbocycles. The van der Waals surface area contributed by atoms with Gasteiger partial charge in [-0.05, 0) is 48.9 Å². The molecule has 0 fully saturated rings. The van der Waals surface area contributed by atoms with Crippen LogP contribution in [-0.2, 0) is 14.4 Å². The standard InChI is InChI=1S/C20H18ClNO3/c1-14(22(15(2)23)25-16(3)24)19-6-4-5-18(13-19)8-7-17-9-11-20(21)12-10-17/h4-6,9-14H,1-3H3. The minimum Gasteiger partial charge on any atom is -0.338 e. The van der Waals surface area contributed by atoms with Crippen LogP contribution in [0.25, 0.3) is 0 Å². The first-order valence-electron chi connectivity index (χ1n) is 7.72. The predicted molar refractivity (Wildman–Crippen MR) is 96.6 cm³/mol. The molecule has 5 heteroatoms. The molecule has 1 amide bonds. The largest absolute Gasteiger partial charge is 0.338 e. The van der Waals surface area contributed by atoms with Crippen LogP contribution in [0.1, 0.15) is 43.5 Å². The number of nitrogens with zero attached hydrogens (tertiary/aromatic N) is 1. The van der Waals surface area contributed by atoms with E-state index in [-0.39, 0.29) is 5.91 Å². The van der Waals surface area contributed by atoms with E-state index in [4.69, 9.17) is 16.4 Å². The van der Waals surface area contributed by atoms with Crippen LogP contribution >= 0.6 is 11.6 Å². The zero-order valence-electron chi connectivity index (χ0n) is 14.2. The van der Waals surface area contributed by atoms with Crippen LogP contribution in [0, 0.1) is 11.8 Å². The van der Waals surface area contributed by atoms with Crippen molar-refractivity contribution < 1.29 is 14.4 Å². The van der Waals surface area contributed by atoms with Gasteiger partial charge in [0.25, 0.3) is 5.91 Å². The fraction of sp³-hybridized carbons (Fsp3) is 0.200. The molecule has 0 N–H and O–H groups in total. The maximum Gasteiger partial charge on any atom is 0.329 e. The summed E-state index contributed by atoms with van der Waals surface area (Å²) in [5, 5.41) is 1.73. The SMILES string of the molecule is CC(=O)ON(C(C)=O)C(C)c1cccc(C#Cc2ccc(Cl)cc2)c1. The van der Waals surface area contributed by atoms with Crippen LogP contribution in [0.3, 0.4) is 0 Å². The topological polar surface area (TPSA) is 46.6 Å². The lowest BCUT2D eigenvalue weighted by molar-refractivity contribution is -0.203. The van der Waals surface area contributed by atoms with Gasteiger partial charge in [-0.1, -0.05) is 35.6 Å². The molecule has 128 valence electrons. The maximum atomic E-state index is 11.7. The summed E-state index contributed by atoms with van der Waals surface area (Å²) in [6.45, 7) is 4.40. The van der Waals surface area contributed by atoms with Crippen LogP contribution in [0.15, 0.2) is 48.5 Å². The number of carbonyl (C=O) groups is 2. The normalized spacial score (nSPS) is 11.0. The zero-order chi connectivity index (χ0) is 18.4. The molecule has 0 saturated heterocycles. The van der Waals surface area contributed by atoms with Crippen LogP contribution in [-0.4, -0.2) is 16.9 Å². The summed E-state index contributed by atoms with van der Waals surface area (Å²) in [4.78, 5) is 27.9. The Morgan fingerprint density at radius 1 is 1.04 bits per heavy atom. The van der Waals surface area contributed by atoms with Crippen LogP contribution in [0.2, 0.25) is 5.02 Å². The molecule has 0 aliphatic rings. The molecule has 4 nitrogen and oxygen atoms in total. The maximum absolute atomic E-state index is 11.7. The molecule has 0 bridgehead atoms. The number of halogens is 1. The van der Waals surface area contributed by atoms with Crippen molar-refractivity contribution in [3.8, 4) is 11.8 Å². The number of hydrogen-bond donors (Lipinski definition) is 0. The lowest BCUT2D eigenvalue weighted by atomic mass is 10.0. The quantitative estimate of drug-likeness (QED) is 0.601. The first-order valence-corrected chi connectivity index (χ1v) is 8.10. The number of carbonyl (C=O) groups excluding carboxylic acids is 2. The predicted octanol–water partition coefficient (Wildman–Crippen LogP) is 4.13. The van der Waals surface area contributed by atoms with Gasteiger partial charge >= 0.3 is 5.97 Å². The summed E-state index contributed by atoms with van der Waals surface area (Å²) >= 11 is 5.86. The summed E-state index contributed by atoms with van der Waals surface area (Å²) < 4.78 is 0. The summed E-state index contributed by atoms with van der Waals surface area (Å²) in [6.07, 6.45) is 0. The van der Waals surface area contributed by atoms with Crippen LogP contribution in [0.4, 0.5) is 0 Å². The highest BCUT2D eigenvalue weighted by Crippen LogP contribution is 2.22. The molecule has 2 rings (SSSR count). The van der Waals surface area contributed by atoms with Crippen LogP contribution < -0.4 is 0 Å². The van der Waals surface area contributed by atoms with Gasteiger partial charge in [0.2, 0.25) is 0 Å². The van der Waals surface area contributed by atoms with E-state index >= 15 is 0 Å². The third-order valence-corrected chi connectivity index (χ3v) is 3.71. The fourth-order valence-corrected chi connectivity index (χ4v) is 2.37. The Kier molecular flexibility index (Phi) is 6.21. The van der Waals surface area contributed by atoms with Crippen molar-refractivity contribution in [3.63, 3.8) is 0 Å². The molecule has 0 aliphatic carbocycles. The van der Waals surface area contributed by atoms with E-state index in [1.165, 1.54) is 13.8 Å². The Morgan fingerprint density at radius 3 is 2.28 bits per heavy atom. The third kappa shape index (κ3) is 5.37. The molecule has 1 atom stereocenters. The van der Waals surface area contributed by atoms with Gasteiger partial charge in [-0.2, -0.15) is 5.06 Å². The molecule has 0 saturated carbocycles. The van der Waals surface area contributed by atoms with E-state index in [0.717, 1.165) is 21.8 Å². The molecule has 2 aromatic rings. The molecule has 25 heavy (non-hydrogen) atoms. The van der Waals surface area contributed by atoms with Gasteiger partial charge in [0.15, 0.2) is 0 Å². The second-order valence-electron chi connectivity index (χ2n) is 5.49. The number of benzene rings is 2. The first kappa shape index (κ1) is 18.6. The van der Waals surface area contributed by atoms with Crippen molar-refractivity contribution in [3.05, 3.63) is 70.2 Å². The van der Waals surface area contributed by atoms with E-state index in [9.17, 15) is 9.59 Å². The average Bonchev–Trinajstić information content (AvgIpc) is 2.58.